The largest absolute Gasteiger partial charge is 0.459 e. The second-order valence-corrected chi connectivity index (χ2v) is 8.41. The molecule has 0 radical (unpaired) electrons. The summed E-state index contributed by atoms with van der Waals surface area (Å²) in [6.45, 7) is 12.3. The lowest BCUT2D eigenvalue weighted by Crippen LogP contribution is -2.54. The van der Waals surface area contributed by atoms with Gasteiger partial charge in [0, 0.05) is 25.8 Å². The van der Waals surface area contributed by atoms with Crippen LogP contribution in [-0.2, 0) is 23.8 Å². The first-order chi connectivity index (χ1) is 13.5. The fourth-order valence-corrected chi connectivity index (χ4v) is 4.14. The van der Waals surface area contributed by atoms with Crippen molar-refractivity contribution in [3.63, 3.8) is 0 Å². The summed E-state index contributed by atoms with van der Waals surface area (Å²) in [5, 5.41) is 10.9. The molecule has 4 unspecified atom stereocenters. The quantitative estimate of drug-likeness (QED) is 0.374. The second kappa shape index (κ2) is 8.98. The zero-order valence-electron chi connectivity index (χ0n) is 18.7. The normalized spacial score (nSPS) is 28.0. The molecule has 0 aromatic carbocycles. The highest BCUT2D eigenvalue weighted by atomic mass is 16.6. The predicted octanol–water partition coefficient (Wildman–Crippen LogP) is 2.23. The van der Waals surface area contributed by atoms with E-state index in [-0.39, 0.29) is 24.6 Å². The Balaban J connectivity index is 2.13. The van der Waals surface area contributed by atoms with Gasteiger partial charge in [0.15, 0.2) is 5.60 Å². The minimum absolute atomic E-state index is 0.0357. The van der Waals surface area contributed by atoms with Crippen molar-refractivity contribution in [1.82, 2.24) is 4.90 Å². The molecule has 0 saturated carbocycles. The van der Waals surface area contributed by atoms with Gasteiger partial charge in [0.1, 0.15) is 12.7 Å². The summed E-state index contributed by atoms with van der Waals surface area (Å²) in [6, 6.07) is 0. The summed E-state index contributed by atoms with van der Waals surface area (Å²) in [6.07, 6.45) is 3.45. The Morgan fingerprint density at radius 2 is 2.07 bits per heavy atom. The smallest absolute Gasteiger partial charge is 0.341 e. The molecular formula is C22H35NO6. The average molecular weight is 410 g/mol. The molecule has 2 aliphatic rings. The number of aliphatic hydroxyl groups is 1. The first kappa shape index (κ1) is 23.6. The van der Waals surface area contributed by atoms with Crippen LogP contribution in [0.15, 0.2) is 23.3 Å². The van der Waals surface area contributed by atoms with Crippen molar-refractivity contribution in [2.75, 3.05) is 26.8 Å². The van der Waals surface area contributed by atoms with Crippen LogP contribution in [-0.4, -0.2) is 72.1 Å². The van der Waals surface area contributed by atoms with E-state index < -0.39 is 23.2 Å². The molecule has 1 saturated heterocycles. The number of nitrogens with zero attached hydrogens (tertiary/aromatic N) is 1. The molecule has 0 bridgehead atoms. The summed E-state index contributed by atoms with van der Waals surface area (Å²) >= 11 is 0. The van der Waals surface area contributed by atoms with Crippen LogP contribution in [0.4, 0.5) is 0 Å². The molecule has 1 fully saturated rings. The van der Waals surface area contributed by atoms with Crippen LogP contribution in [0.3, 0.4) is 0 Å². The summed E-state index contributed by atoms with van der Waals surface area (Å²) in [5.74, 6) is -1.41. The van der Waals surface area contributed by atoms with Crippen LogP contribution in [0.1, 0.15) is 48.0 Å². The van der Waals surface area contributed by atoms with E-state index in [1.807, 2.05) is 13.0 Å². The number of esters is 2. The average Bonchev–Trinajstić information content (AvgIpc) is 3.18. The molecule has 0 aromatic heterocycles. The molecule has 164 valence electrons. The Morgan fingerprint density at radius 3 is 2.62 bits per heavy atom. The molecule has 0 amide bonds. The number of methoxy groups -OCH3 is 1. The number of carbonyl (C=O) groups is 2. The number of allylic oxidation sites excluding steroid dienone is 1. The van der Waals surface area contributed by atoms with E-state index in [1.165, 1.54) is 7.11 Å². The topological polar surface area (TPSA) is 85.3 Å². The number of ether oxygens (including phenoxy) is 3. The molecule has 0 spiro atoms. The summed E-state index contributed by atoms with van der Waals surface area (Å²) in [7, 11) is 1.45. The molecule has 4 atom stereocenters. The maximum atomic E-state index is 12.8. The first-order valence-corrected chi connectivity index (χ1v) is 10.2. The maximum absolute atomic E-state index is 12.8. The van der Waals surface area contributed by atoms with E-state index in [0.717, 1.165) is 18.5 Å². The van der Waals surface area contributed by atoms with Crippen LogP contribution in [0.25, 0.3) is 0 Å². The molecule has 7 nitrogen and oxygen atoms in total. The SMILES string of the molecule is CC=C(C)C(=O)OC1CCN2CC=C(COC(=O)C(O)(C(C)C)C(C)OC)C12C. The van der Waals surface area contributed by atoms with Crippen LogP contribution in [0.5, 0.6) is 0 Å². The molecule has 0 aliphatic carbocycles. The van der Waals surface area contributed by atoms with Gasteiger partial charge in [-0.05, 0) is 45.6 Å². The molecule has 0 aromatic rings. The lowest BCUT2D eigenvalue weighted by atomic mass is 9.85. The Bertz CT molecular complexity index is 699. The van der Waals surface area contributed by atoms with Crippen molar-refractivity contribution in [1.29, 1.82) is 0 Å². The molecule has 1 N–H and O–H groups in total. The second-order valence-electron chi connectivity index (χ2n) is 8.41. The minimum atomic E-state index is -1.74. The number of hydrogen-bond donors (Lipinski definition) is 1. The van der Waals surface area contributed by atoms with Gasteiger partial charge in [-0.3, -0.25) is 4.90 Å². The highest BCUT2D eigenvalue weighted by molar-refractivity contribution is 5.87. The molecule has 29 heavy (non-hydrogen) atoms. The van der Waals surface area contributed by atoms with E-state index in [1.54, 1.807) is 40.7 Å². The van der Waals surface area contributed by atoms with Gasteiger partial charge < -0.3 is 19.3 Å². The van der Waals surface area contributed by atoms with Crippen molar-refractivity contribution >= 4 is 11.9 Å². The van der Waals surface area contributed by atoms with E-state index >= 15 is 0 Å². The maximum Gasteiger partial charge on any atom is 0.341 e. The third kappa shape index (κ3) is 4.13. The Labute approximate surface area is 173 Å². The Morgan fingerprint density at radius 1 is 1.41 bits per heavy atom. The molecule has 2 rings (SSSR count). The lowest BCUT2D eigenvalue weighted by molar-refractivity contribution is -0.187. The fraction of sp³-hybridized carbons (Fsp3) is 0.727. The lowest BCUT2D eigenvalue weighted by Gasteiger charge is -2.37. The molecular weight excluding hydrogens is 374 g/mol. The van der Waals surface area contributed by atoms with Crippen molar-refractivity contribution < 1.29 is 28.9 Å². The van der Waals surface area contributed by atoms with Crippen LogP contribution >= 0.6 is 0 Å². The van der Waals surface area contributed by atoms with E-state index in [4.69, 9.17) is 14.2 Å². The van der Waals surface area contributed by atoms with Gasteiger partial charge in [0.25, 0.3) is 0 Å². The molecule has 7 heteroatoms. The van der Waals surface area contributed by atoms with Gasteiger partial charge >= 0.3 is 11.9 Å². The standard InChI is InChI=1S/C22H35NO6/c1-8-15(4)19(24)29-18-10-12-23-11-9-17(21(18,23)6)13-28-20(25)22(26,14(2)3)16(5)27-7/h8-9,14,16,18,26H,10-13H2,1-7H3. The van der Waals surface area contributed by atoms with Gasteiger partial charge in [0.2, 0.25) is 0 Å². The monoisotopic (exact) mass is 409 g/mol. The molecule has 2 heterocycles. The van der Waals surface area contributed by atoms with Crippen molar-refractivity contribution in [2.24, 2.45) is 5.92 Å². The van der Waals surface area contributed by atoms with Gasteiger partial charge in [-0.1, -0.05) is 26.0 Å². The number of fused-ring (bicyclic) bond motifs is 1. The Kier molecular flexibility index (Phi) is 7.30. The zero-order valence-corrected chi connectivity index (χ0v) is 18.7. The molecule has 2 aliphatic heterocycles. The third-order valence-corrected chi connectivity index (χ3v) is 6.70. The van der Waals surface area contributed by atoms with Gasteiger partial charge in [-0.2, -0.15) is 0 Å². The van der Waals surface area contributed by atoms with Crippen LogP contribution in [0.2, 0.25) is 0 Å². The van der Waals surface area contributed by atoms with Gasteiger partial charge in [0.05, 0.1) is 11.6 Å². The zero-order chi connectivity index (χ0) is 22.0. The number of hydrogen-bond acceptors (Lipinski definition) is 7. The predicted molar refractivity (Wildman–Crippen MR) is 109 cm³/mol. The third-order valence-electron chi connectivity index (χ3n) is 6.70. The van der Waals surface area contributed by atoms with E-state index in [9.17, 15) is 14.7 Å². The minimum Gasteiger partial charge on any atom is -0.459 e. The van der Waals surface area contributed by atoms with Crippen molar-refractivity contribution in [3.8, 4) is 0 Å². The van der Waals surface area contributed by atoms with Crippen LogP contribution in [0, 0.1) is 5.92 Å². The summed E-state index contributed by atoms with van der Waals surface area (Å²) in [4.78, 5) is 27.3. The number of rotatable bonds is 8. The van der Waals surface area contributed by atoms with E-state index in [0.29, 0.717) is 12.1 Å². The van der Waals surface area contributed by atoms with E-state index in [2.05, 4.69) is 4.90 Å². The highest BCUT2D eigenvalue weighted by Gasteiger charge is 2.53. The van der Waals surface area contributed by atoms with Gasteiger partial charge in [-0.25, -0.2) is 9.59 Å². The van der Waals surface area contributed by atoms with Crippen LogP contribution < -0.4 is 0 Å². The first-order valence-electron chi connectivity index (χ1n) is 10.2. The summed E-state index contributed by atoms with van der Waals surface area (Å²) < 4.78 is 16.6. The number of carbonyl (C=O) groups excluding carboxylic acids is 2. The Hall–Kier alpha value is -1.70. The van der Waals surface area contributed by atoms with Crippen molar-refractivity contribution in [3.05, 3.63) is 23.3 Å². The van der Waals surface area contributed by atoms with Crippen molar-refractivity contribution in [2.45, 2.75) is 71.3 Å². The fourth-order valence-electron chi connectivity index (χ4n) is 4.14. The highest BCUT2D eigenvalue weighted by Crippen LogP contribution is 2.42. The summed E-state index contributed by atoms with van der Waals surface area (Å²) in [5.41, 5.74) is -0.806. The van der Waals surface area contributed by atoms with Gasteiger partial charge in [-0.15, -0.1) is 0 Å².